The molecule has 0 saturated carbocycles. The third kappa shape index (κ3) is 6.19. The van der Waals surface area contributed by atoms with Crippen LogP contribution in [0.4, 0.5) is 0 Å². The first kappa shape index (κ1) is 22.1. The average molecular weight is 482 g/mol. The predicted molar refractivity (Wildman–Crippen MR) is 113 cm³/mol. The van der Waals surface area contributed by atoms with E-state index in [1.807, 2.05) is 7.05 Å². The fourth-order valence-corrected chi connectivity index (χ4v) is 4.10. The van der Waals surface area contributed by atoms with Crippen LogP contribution in [0.1, 0.15) is 19.3 Å². The Labute approximate surface area is 174 Å². The minimum absolute atomic E-state index is 0. The fraction of sp³-hybridized carbons (Fsp3) is 0.944. The van der Waals surface area contributed by atoms with Crippen molar-refractivity contribution in [1.82, 2.24) is 15.1 Å². The van der Waals surface area contributed by atoms with Gasteiger partial charge in [0.1, 0.15) is 0 Å². The number of aliphatic imine (C=N–C) groups is 1. The van der Waals surface area contributed by atoms with Crippen molar-refractivity contribution in [3.05, 3.63) is 0 Å². The van der Waals surface area contributed by atoms with E-state index in [0.717, 1.165) is 51.8 Å². The average Bonchev–Trinajstić information content (AvgIpc) is 3.28. The lowest BCUT2D eigenvalue weighted by Gasteiger charge is -2.35. The number of hydrogen-bond acceptors (Lipinski definition) is 5. The van der Waals surface area contributed by atoms with Crippen LogP contribution >= 0.6 is 24.0 Å². The number of guanidine groups is 1. The molecule has 3 fully saturated rings. The molecule has 3 aliphatic heterocycles. The molecular weight excluding hydrogens is 447 g/mol. The highest BCUT2D eigenvalue weighted by Crippen LogP contribution is 2.22. The van der Waals surface area contributed by atoms with Crippen LogP contribution in [0.25, 0.3) is 0 Å². The second-order valence-corrected chi connectivity index (χ2v) is 7.34. The fourth-order valence-electron chi connectivity index (χ4n) is 4.10. The van der Waals surface area contributed by atoms with Crippen LogP contribution in [0, 0.1) is 5.92 Å². The molecule has 0 amide bonds. The summed E-state index contributed by atoms with van der Waals surface area (Å²) in [6.07, 6.45) is 4.03. The molecule has 0 aliphatic carbocycles. The van der Waals surface area contributed by atoms with Gasteiger partial charge in [-0.2, -0.15) is 0 Å². The molecule has 3 rings (SSSR count). The Hall–Kier alpha value is -0.160. The molecule has 0 aromatic carbocycles. The quantitative estimate of drug-likeness (QED) is 0.253. The van der Waals surface area contributed by atoms with Crippen molar-refractivity contribution in [2.75, 3.05) is 73.3 Å². The zero-order valence-electron chi connectivity index (χ0n) is 16.2. The highest BCUT2D eigenvalue weighted by Gasteiger charge is 2.32. The minimum Gasteiger partial charge on any atom is -0.382 e. The van der Waals surface area contributed by atoms with E-state index in [9.17, 15) is 0 Å². The molecule has 0 aromatic rings. The van der Waals surface area contributed by atoms with Gasteiger partial charge in [-0.05, 0) is 25.8 Å². The maximum Gasteiger partial charge on any atom is 0.193 e. The second kappa shape index (κ2) is 11.6. The number of morpholine rings is 1. The zero-order valence-corrected chi connectivity index (χ0v) is 18.5. The number of methoxy groups -OCH3 is 1. The molecule has 0 radical (unpaired) electrons. The van der Waals surface area contributed by atoms with Crippen LogP contribution in [0.3, 0.4) is 0 Å². The minimum atomic E-state index is 0. The van der Waals surface area contributed by atoms with Gasteiger partial charge in [0.2, 0.25) is 0 Å². The molecule has 8 heteroatoms. The summed E-state index contributed by atoms with van der Waals surface area (Å²) in [6, 6.07) is 0.660. The van der Waals surface area contributed by atoms with Crippen LogP contribution in [-0.4, -0.2) is 101 Å². The third-order valence-electron chi connectivity index (χ3n) is 5.53. The summed E-state index contributed by atoms with van der Waals surface area (Å²) in [6.45, 7) is 8.19. The van der Waals surface area contributed by atoms with Crippen molar-refractivity contribution in [1.29, 1.82) is 0 Å². The summed E-state index contributed by atoms with van der Waals surface area (Å²) in [5.74, 6) is 1.57. The lowest BCUT2D eigenvalue weighted by Crippen LogP contribution is -2.51. The summed E-state index contributed by atoms with van der Waals surface area (Å²) < 4.78 is 16.7. The Morgan fingerprint density at radius 1 is 1.23 bits per heavy atom. The highest BCUT2D eigenvalue weighted by molar-refractivity contribution is 14.0. The molecule has 0 bridgehead atoms. The van der Waals surface area contributed by atoms with Gasteiger partial charge in [-0.25, -0.2) is 0 Å². The Morgan fingerprint density at radius 3 is 2.92 bits per heavy atom. The highest BCUT2D eigenvalue weighted by atomic mass is 127. The van der Waals surface area contributed by atoms with Gasteiger partial charge in [0, 0.05) is 52.3 Å². The van der Waals surface area contributed by atoms with Gasteiger partial charge in [-0.1, -0.05) is 0 Å². The number of nitrogens with zero attached hydrogens (tertiary/aromatic N) is 3. The molecule has 0 spiro atoms. The maximum absolute atomic E-state index is 6.04. The molecule has 7 nitrogen and oxygen atoms in total. The van der Waals surface area contributed by atoms with Gasteiger partial charge in [0.05, 0.1) is 32.5 Å². The first-order valence-corrected chi connectivity index (χ1v) is 9.68. The van der Waals surface area contributed by atoms with Crippen molar-refractivity contribution < 1.29 is 14.2 Å². The normalized spacial score (nSPS) is 29.5. The number of ether oxygens (including phenoxy) is 3. The van der Waals surface area contributed by atoms with Crippen LogP contribution in [0.15, 0.2) is 4.99 Å². The van der Waals surface area contributed by atoms with Gasteiger partial charge < -0.3 is 24.4 Å². The van der Waals surface area contributed by atoms with Crippen LogP contribution in [0.5, 0.6) is 0 Å². The molecule has 1 N–H and O–H groups in total. The molecule has 3 aliphatic rings. The topological polar surface area (TPSA) is 58.6 Å². The third-order valence-corrected chi connectivity index (χ3v) is 5.53. The first-order chi connectivity index (χ1) is 12.3. The number of hydrogen-bond donors (Lipinski definition) is 1. The van der Waals surface area contributed by atoms with Crippen LogP contribution in [-0.2, 0) is 14.2 Å². The lowest BCUT2D eigenvalue weighted by atomic mass is 10.1. The molecule has 26 heavy (non-hydrogen) atoms. The van der Waals surface area contributed by atoms with Crippen LogP contribution in [0.2, 0.25) is 0 Å². The van der Waals surface area contributed by atoms with E-state index in [4.69, 9.17) is 14.2 Å². The Kier molecular flexibility index (Phi) is 9.90. The second-order valence-electron chi connectivity index (χ2n) is 7.34. The molecule has 3 saturated heterocycles. The van der Waals surface area contributed by atoms with E-state index < -0.39 is 0 Å². The molecule has 152 valence electrons. The van der Waals surface area contributed by atoms with Crippen molar-refractivity contribution in [3.8, 4) is 0 Å². The largest absolute Gasteiger partial charge is 0.382 e. The summed E-state index contributed by atoms with van der Waals surface area (Å²) in [7, 11) is 3.57. The van der Waals surface area contributed by atoms with Crippen LogP contribution < -0.4 is 5.32 Å². The van der Waals surface area contributed by atoms with Gasteiger partial charge >= 0.3 is 0 Å². The maximum atomic E-state index is 6.04. The Bertz CT molecular complexity index is 441. The molecular formula is C18H35IN4O3. The molecule has 3 atom stereocenters. The molecule has 3 unspecified atom stereocenters. The summed E-state index contributed by atoms with van der Waals surface area (Å²) in [5, 5.41) is 3.52. The number of rotatable bonds is 7. The van der Waals surface area contributed by atoms with Gasteiger partial charge in [-0.15, -0.1) is 24.0 Å². The van der Waals surface area contributed by atoms with E-state index in [2.05, 4.69) is 20.1 Å². The van der Waals surface area contributed by atoms with Crippen molar-refractivity contribution in [3.63, 3.8) is 0 Å². The number of nitrogens with one attached hydrogen (secondary N) is 1. The summed E-state index contributed by atoms with van der Waals surface area (Å²) >= 11 is 0. The SMILES string of the molecule is CN=C(NCC1CN2CCCC2CO1)N1CCC(COCCOC)C1.I. The predicted octanol–water partition coefficient (Wildman–Crippen LogP) is 1.03. The van der Waals surface area contributed by atoms with Gasteiger partial charge in [0.25, 0.3) is 0 Å². The van der Waals surface area contributed by atoms with E-state index in [1.54, 1.807) is 7.11 Å². The first-order valence-electron chi connectivity index (χ1n) is 9.68. The number of likely N-dealkylation sites (tertiary alicyclic amines) is 1. The van der Waals surface area contributed by atoms with E-state index in [1.165, 1.54) is 19.4 Å². The zero-order chi connectivity index (χ0) is 17.5. The van der Waals surface area contributed by atoms with Crippen molar-refractivity contribution >= 4 is 29.9 Å². The van der Waals surface area contributed by atoms with Crippen molar-refractivity contribution in [2.45, 2.75) is 31.4 Å². The van der Waals surface area contributed by atoms with E-state index >= 15 is 0 Å². The Balaban J connectivity index is 0.00000243. The smallest absolute Gasteiger partial charge is 0.193 e. The monoisotopic (exact) mass is 482 g/mol. The van der Waals surface area contributed by atoms with Gasteiger partial charge in [0.15, 0.2) is 5.96 Å². The summed E-state index contributed by atoms with van der Waals surface area (Å²) in [5.41, 5.74) is 0. The Morgan fingerprint density at radius 2 is 2.12 bits per heavy atom. The lowest BCUT2D eigenvalue weighted by molar-refractivity contribution is -0.0454. The van der Waals surface area contributed by atoms with E-state index in [0.29, 0.717) is 25.2 Å². The van der Waals surface area contributed by atoms with E-state index in [-0.39, 0.29) is 30.1 Å². The molecule has 3 heterocycles. The standard InChI is InChI=1S/C18H34N4O3.HI/c1-19-18(22-7-5-15(11-22)13-24-9-8-23-2)20-10-17-12-21-6-3-4-16(21)14-25-17;/h15-17H,3-14H2,1-2H3,(H,19,20);1H. The number of halogens is 1. The van der Waals surface area contributed by atoms with Crippen molar-refractivity contribution in [2.24, 2.45) is 10.9 Å². The molecule has 0 aromatic heterocycles. The number of fused-ring (bicyclic) bond motifs is 1. The summed E-state index contributed by atoms with van der Waals surface area (Å²) in [4.78, 5) is 9.39. The van der Waals surface area contributed by atoms with Gasteiger partial charge in [-0.3, -0.25) is 9.89 Å².